The Labute approximate surface area is 181 Å². The van der Waals surface area contributed by atoms with E-state index < -0.39 is 8.07 Å². The van der Waals surface area contributed by atoms with Crippen molar-refractivity contribution in [2.45, 2.75) is 135 Å². The van der Waals surface area contributed by atoms with Crippen LogP contribution < -0.4 is 12.4 Å². The summed E-state index contributed by atoms with van der Waals surface area (Å²) in [6.45, 7) is 13.7. The average molecular weight is 420 g/mol. The van der Waals surface area contributed by atoms with Crippen molar-refractivity contribution in [1.29, 1.82) is 0 Å². The Bertz CT molecular complexity index is 312. The second kappa shape index (κ2) is 17.3. The molecule has 0 heterocycles. The molecule has 0 saturated heterocycles. The normalized spacial score (nSPS) is 13.4. The van der Waals surface area contributed by atoms with Crippen molar-refractivity contribution < 1.29 is 16.9 Å². The van der Waals surface area contributed by atoms with Gasteiger partial charge in [-0.2, -0.15) is 0 Å². The standard InChI is InChI=1S/C24H54NSi.ClH/c1-8-10-11-12-13-14-15-16-17-18-19-20-21-22-23-25(3,4)24(9-2)26(5,6)7;/h24H,8-23H2,1-7H3;1H/q+1;/p-1. The van der Waals surface area contributed by atoms with Crippen LogP contribution in [0.5, 0.6) is 0 Å². The van der Waals surface area contributed by atoms with Gasteiger partial charge in [-0.1, -0.05) is 111 Å². The molecule has 0 aromatic carbocycles. The van der Waals surface area contributed by atoms with Crippen molar-refractivity contribution in [3.63, 3.8) is 0 Å². The van der Waals surface area contributed by atoms with Crippen LogP contribution in [0, 0.1) is 0 Å². The molecule has 1 nitrogen and oxygen atoms in total. The van der Waals surface area contributed by atoms with Gasteiger partial charge in [-0.3, -0.25) is 0 Å². The number of quaternary nitrogens is 1. The Balaban J connectivity index is 0. The van der Waals surface area contributed by atoms with Crippen LogP contribution in [-0.4, -0.2) is 38.9 Å². The van der Waals surface area contributed by atoms with E-state index in [9.17, 15) is 0 Å². The average Bonchev–Trinajstić information content (AvgIpc) is 2.54. The lowest BCUT2D eigenvalue weighted by Crippen LogP contribution is -3.00. The highest BCUT2D eigenvalue weighted by atomic mass is 35.5. The van der Waals surface area contributed by atoms with Gasteiger partial charge in [0.05, 0.1) is 26.3 Å². The smallest absolute Gasteiger partial charge is 0.114 e. The van der Waals surface area contributed by atoms with Crippen molar-refractivity contribution in [3.05, 3.63) is 0 Å². The topological polar surface area (TPSA) is 0 Å². The Morgan fingerprint density at radius 3 is 1.22 bits per heavy atom. The maximum Gasteiger partial charge on any atom is 0.114 e. The van der Waals surface area contributed by atoms with E-state index in [1.165, 1.54) is 107 Å². The number of rotatable bonds is 18. The lowest BCUT2D eigenvalue weighted by atomic mass is 10.0. The first-order valence-corrected chi connectivity index (χ1v) is 15.7. The molecule has 166 valence electrons. The van der Waals surface area contributed by atoms with Crippen LogP contribution in [0.1, 0.15) is 110 Å². The van der Waals surface area contributed by atoms with Gasteiger partial charge in [-0.25, -0.2) is 0 Å². The van der Waals surface area contributed by atoms with E-state index in [-0.39, 0.29) is 12.4 Å². The maximum absolute atomic E-state index is 2.55. The molecule has 0 aliphatic heterocycles. The maximum atomic E-state index is 2.55. The third-order valence-electron chi connectivity index (χ3n) is 6.32. The highest BCUT2D eigenvalue weighted by molar-refractivity contribution is 6.77. The Kier molecular flexibility index (Phi) is 19.0. The zero-order valence-electron chi connectivity index (χ0n) is 20.2. The predicted octanol–water partition coefficient (Wildman–Crippen LogP) is 5.20. The first-order chi connectivity index (χ1) is 12.3. The number of hydrogen-bond donors (Lipinski definition) is 0. The lowest BCUT2D eigenvalue weighted by Gasteiger charge is -2.44. The summed E-state index contributed by atoms with van der Waals surface area (Å²) >= 11 is 0. The number of halogens is 1. The monoisotopic (exact) mass is 419 g/mol. The van der Waals surface area contributed by atoms with Gasteiger partial charge < -0.3 is 16.9 Å². The molecular formula is C24H54ClNSi. The number of nitrogens with zero attached hydrogens (tertiary/aromatic N) is 1. The molecule has 0 aliphatic carbocycles. The third-order valence-corrected chi connectivity index (χ3v) is 9.42. The molecule has 0 aromatic rings. The summed E-state index contributed by atoms with van der Waals surface area (Å²) in [5.41, 5.74) is 0.907. The minimum Gasteiger partial charge on any atom is -1.00 e. The largest absolute Gasteiger partial charge is 1.00 e. The minimum atomic E-state index is -1.06. The highest BCUT2D eigenvalue weighted by Gasteiger charge is 2.37. The molecule has 0 bridgehead atoms. The molecule has 0 aliphatic rings. The molecule has 0 rings (SSSR count). The summed E-state index contributed by atoms with van der Waals surface area (Å²) in [6, 6.07) is 0. The molecule has 3 heteroatoms. The van der Waals surface area contributed by atoms with Crippen LogP contribution in [0.2, 0.25) is 19.6 Å². The zero-order valence-corrected chi connectivity index (χ0v) is 22.0. The predicted molar refractivity (Wildman–Crippen MR) is 125 cm³/mol. The third kappa shape index (κ3) is 16.0. The Morgan fingerprint density at radius 1 is 0.593 bits per heavy atom. The van der Waals surface area contributed by atoms with E-state index in [2.05, 4.69) is 47.6 Å². The Morgan fingerprint density at radius 2 is 0.926 bits per heavy atom. The molecule has 0 amide bonds. The minimum absolute atomic E-state index is 0. The lowest BCUT2D eigenvalue weighted by molar-refractivity contribution is -0.904. The summed E-state index contributed by atoms with van der Waals surface area (Å²) in [5.74, 6) is 0. The zero-order chi connectivity index (χ0) is 19.9. The van der Waals surface area contributed by atoms with Gasteiger partial charge in [0, 0.05) is 0 Å². The van der Waals surface area contributed by atoms with E-state index in [0.717, 1.165) is 5.67 Å². The van der Waals surface area contributed by atoms with Gasteiger partial charge in [0.2, 0.25) is 0 Å². The summed E-state index contributed by atoms with van der Waals surface area (Å²) in [6.07, 6.45) is 21.7. The highest BCUT2D eigenvalue weighted by Crippen LogP contribution is 2.23. The summed E-state index contributed by atoms with van der Waals surface area (Å²) in [7, 11) is 3.90. The van der Waals surface area contributed by atoms with Crippen LogP contribution in [-0.2, 0) is 0 Å². The molecule has 1 unspecified atom stereocenters. The van der Waals surface area contributed by atoms with E-state index in [1.54, 1.807) is 0 Å². The molecule has 0 radical (unpaired) electrons. The molecule has 0 spiro atoms. The molecule has 0 saturated carbocycles. The fourth-order valence-corrected chi connectivity index (χ4v) is 8.48. The van der Waals surface area contributed by atoms with Gasteiger partial charge in [-0.15, -0.1) is 0 Å². The van der Waals surface area contributed by atoms with Crippen molar-refractivity contribution in [2.24, 2.45) is 0 Å². The fraction of sp³-hybridized carbons (Fsp3) is 1.00. The quantitative estimate of drug-likeness (QED) is 0.162. The number of unbranched alkanes of at least 4 members (excludes halogenated alkanes) is 13. The van der Waals surface area contributed by atoms with Crippen LogP contribution in [0.3, 0.4) is 0 Å². The summed E-state index contributed by atoms with van der Waals surface area (Å²) in [5, 5.41) is 0. The van der Waals surface area contributed by atoms with E-state index in [1.807, 2.05) is 0 Å². The van der Waals surface area contributed by atoms with Gasteiger partial charge in [0.25, 0.3) is 0 Å². The number of hydrogen-bond acceptors (Lipinski definition) is 0. The van der Waals surface area contributed by atoms with Gasteiger partial charge in [0.15, 0.2) is 0 Å². The van der Waals surface area contributed by atoms with E-state index in [4.69, 9.17) is 0 Å². The second-order valence-corrected chi connectivity index (χ2v) is 15.8. The van der Waals surface area contributed by atoms with E-state index in [0.29, 0.717) is 0 Å². The molecule has 0 fully saturated rings. The van der Waals surface area contributed by atoms with Gasteiger partial charge in [-0.05, 0) is 19.3 Å². The van der Waals surface area contributed by atoms with Crippen LogP contribution in [0.4, 0.5) is 0 Å². The second-order valence-electron chi connectivity index (χ2n) is 10.4. The van der Waals surface area contributed by atoms with Crippen LogP contribution in [0.25, 0.3) is 0 Å². The van der Waals surface area contributed by atoms with Gasteiger partial charge in [0.1, 0.15) is 8.07 Å². The van der Waals surface area contributed by atoms with Crippen LogP contribution in [0.15, 0.2) is 0 Å². The SMILES string of the molecule is CCCCCCCCCCCCCCCC[N+](C)(C)C(CC)[Si](C)(C)C.[Cl-]. The molecular weight excluding hydrogens is 366 g/mol. The fourth-order valence-electron chi connectivity index (χ4n) is 5.02. The van der Waals surface area contributed by atoms with Gasteiger partial charge >= 0.3 is 0 Å². The summed E-state index contributed by atoms with van der Waals surface area (Å²) in [4.78, 5) is 0. The van der Waals surface area contributed by atoms with Crippen molar-refractivity contribution in [1.82, 2.24) is 0 Å². The first-order valence-electron chi connectivity index (χ1n) is 12.1. The van der Waals surface area contributed by atoms with Crippen molar-refractivity contribution >= 4 is 8.07 Å². The molecule has 1 atom stereocenters. The summed E-state index contributed by atoms with van der Waals surface area (Å²) < 4.78 is 1.25. The first kappa shape index (κ1) is 29.7. The van der Waals surface area contributed by atoms with Crippen molar-refractivity contribution in [2.75, 3.05) is 20.6 Å². The molecule has 0 N–H and O–H groups in total. The van der Waals surface area contributed by atoms with Crippen molar-refractivity contribution in [3.8, 4) is 0 Å². The Hall–Kier alpha value is 0.467. The molecule has 27 heavy (non-hydrogen) atoms. The molecule has 0 aromatic heterocycles. The van der Waals surface area contributed by atoms with E-state index >= 15 is 0 Å². The van der Waals surface area contributed by atoms with Crippen LogP contribution >= 0.6 is 0 Å².